The molecule has 8 heteroatoms. The molecule has 0 bridgehead atoms. The summed E-state index contributed by atoms with van der Waals surface area (Å²) < 4.78 is 2.21. The molecule has 1 fully saturated rings. The van der Waals surface area contributed by atoms with E-state index in [0.717, 1.165) is 55.0 Å². The Labute approximate surface area is 164 Å². The number of carbonyl (C=O) groups excluding carboxylic acids is 1. The summed E-state index contributed by atoms with van der Waals surface area (Å²) in [4.78, 5) is 39.6. The lowest BCUT2D eigenvalue weighted by atomic mass is 9.91. The van der Waals surface area contributed by atoms with E-state index in [2.05, 4.69) is 19.5 Å². The number of fused-ring (bicyclic) bond motifs is 1. The molecule has 0 aromatic carbocycles. The first-order valence-electron chi connectivity index (χ1n) is 9.22. The summed E-state index contributed by atoms with van der Waals surface area (Å²) in [6.45, 7) is 5.95. The molecule has 7 nitrogen and oxygen atoms in total. The molecule has 2 aromatic heterocycles. The van der Waals surface area contributed by atoms with Crippen molar-refractivity contribution in [3.8, 4) is 0 Å². The molecular weight excluding hydrogens is 366 g/mol. The van der Waals surface area contributed by atoms with Crippen molar-refractivity contribution in [2.24, 2.45) is 0 Å². The molecule has 0 spiro atoms. The molecule has 4 rings (SSSR count). The fraction of sp³-hybridized carbons (Fsp3) is 0.526. The molecule has 4 heterocycles. The van der Waals surface area contributed by atoms with Gasteiger partial charge in [0.15, 0.2) is 0 Å². The minimum atomic E-state index is -0.124. The Morgan fingerprint density at radius 3 is 2.70 bits per heavy atom. The molecule has 1 atom stereocenters. The average Bonchev–Trinajstić information content (AvgIpc) is 3.10. The van der Waals surface area contributed by atoms with Crippen molar-refractivity contribution in [2.45, 2.75) is 52.0 Å². The highest BCUT2D eigenvalue weighted by Gasteiger charge is 2.31. The molecule has 144 valence electrons. The number of carbonyl (C=O) groups is 1. The zero-order valence-corrected chi connectivity index (χ0v) is 16.5. The van der Waals surface area contributed by atoms with E-state index in [1.165, 1.54) is 0 Å². The normalized spacial score (nSPS) is 18.7. The van der Waals surface area contributed by atoms with Crippen LogP contribution in [-0.2, 0) is 13.0 Å². The van der Waals surface area contributed by atoms with Gasteiger partial charge in [0.05, 0.1) is 11.9 Å². The number of hydrogen-bond donors (Lipinski definition) is 0. The number of piperidine rings is 1. The van der Waals surface area contributed by atoms with Gasteiger partial charge in [-0.2, -0.15) is 4.98 Å². The van der Waals surface area contributed by atoms with Gasteiger partial charge in [0.2, 0.25) is 0 Å². The highest BCUT2D eigenvalue weighted by Crippen LogP contribution is 2.31. The topological polar surface area (TPSA) is 81.0 Å². The molecule has 0 radical (unpaired) electrons. The highest BCUT2D eigenvalue weighted by atomic mass is 35.5. The monoisotopic (exact) mass is 389 g/mol. The second kappa shape index (κ2) is 7.76. The summed E-state index contributed by atoms with van der Waals surface area (Å²) in [6.07, 6.45) is 6.94. The Balaban J connectivity index is 0.00000210. The molecule has 2 aromatic rings. The third-order valence-corrected chi connectivity index (χ3v) is 5.42. The van der Waals surface area contributed by atoms with E-state index in [0.29, 0.717) is 18.8 Å². The quantitative estimate of drug-likeness (QED) is 0.785. The van der Waals surface area contributed by atoms with Crippen LogP contribution in [0, 0.1) is 13.8 Å². The fourth-order valence-electron chi connectivity index (χ4n) is 4.12. The van der Waals surface area contributed by atoms with Gasteiger partial charge in [-0.15, -0.1) is 12.4 Å². The Morgan fingerprint density at radius 1 is 1.15 bits per heavy atom. The van der Waals surface area contributed by atoms with Crippen molar-refractivity contribution < 1.29 is 4.79 Å². The standard InChI is InChI=1S/C19H23N5O2.ClH/c1-12-9-21-15(10-20-12)19(26)23-7-3-5-14(11-23)17-13(2)18(25)22-16-6-4-8-24(16)17;/h9-10,14H,3-8,11H2,1-2H3;1H. The number of likely N-dealkylation sites (tertiary alicyclic amines) is 1. The van der Waals surface area contributed by atoms with Crippen LogP contribution < -0.4 is 5.56 Å². The molecule has 2 aliphatic heterocycles. The zero-order chi connectivity index (χ0) is 18.3. The maximum absolute atomic E-state index is 12.8. The van der Waals surface area contributed by atoms with Gasteiger partial charge < -0.3 is 9.47 Å². The van der Waals surface area contributed by atoms with E-state index in [1.807, 2.05) is 18.7 Å². The molecule has 1 amide bonds. The Morgan fingerprint density at radius 2 is 1.96 bits per heavy atom. The van der Waals surface area contributed by atoms with Crippen LogP contribution in [0.1, 0.15) is 58.4 Å². The third kappa shape index (κ3) is 3.60. The second-order valence-corrected chi connectivity index (χ2v) is 7.23. The summed E-state index contributed by atoms with van der Waals surface area (Å²) in [5, 5.41) is 0. The zero-order valence-electron chi connectivity index (χ0n) is 15.6. The van der Waals surface area contributed by atoms with E-state index in [9.17, 15) is 9.59 Å². The lowest BCUT2D eigenvalue weighted by Crippen LogP contribution is -2.41. The fourth-order valence-corrected chi connectivity index (χ4v) is 4.12. The minimum absolute atomic E-state index is 0. The van der Waals surface area contributed by atoms with Crippen molar-refractivity contribution in [1.29, 1.82) is 0 Å². The van der Waals surface area contributed by atoms with Gasteiger partial charge in [-0.1, -0.05) is 0 Å². The number of aryl methyl sites for hydroxylation is 2. The summed E-state index contributed by atoms with van der Waals surface area (Å²) in [7, 11) is 0. The molecule has 1 saturated heterocycles. The van der Waals surface area contributed by atoms with E-state index >= 15 is 0 Å². The van der Waals surface area contributed by atoms with E-state index in [4.69, 9.17) is 0 Å². The van der Waals surface area contributed by atoms with E-state index in [1.54, 1.807) is 12.4 Å². The van der Waals surface area contributed by atoms with E-state index in [-0.39, 0.29) is 29.8 Å². The summed E-state index contributed by atoms with van der Waals surface area (Å²) in [5.41, 5.74) is 2.85. The Kier molecular flexibility index (Phi) is 5.60. The lowest BCUT2D eigenvalue weighted by Gasteiger charge is -2.34. The predicted molar refractivity (Wildman–Crippen MR) is 103 cm³/mol. The number of amides is 1. The van der Waals surface area contributed by atoms with Gasteiger partial charge in [0.1, 0.15) is 11.5 Å². The third-order valence-electron chi connectivity index (χ3n) is 5.42. The molecule has 0 N–H and O–H groups in total. The van der Waals surface area contributed by atoms with Gasteiger partial charge in [0.25, 0.3) is 11.5 Å². The van der Waals surface area contributed by atoms with Crippen LogP contribution in [0.5, 0.6) is 0 Å². The van der Waals surface area contributed by atoms with Gasteiger partial charge >= 0.3 is 0 Å². The number of rotatable bonds is 2. The van der Waals surface area contributed by atoms with Crippen molar-refractivity contribution >= 4 is 18.3 Å². The molecule has 1 unspecified atom stereocenters. The van der Waals surface area contributed by atoms with Gasteiger partial charge in [-0.25, -0.2) is 4.98 Å². The van der Waals surface area contributed by atoms with Gasteiger partial charge in [-0.3, -0.25) is 14.6 Å². The van der Waals surface area contributed by atoms with Crippen molar-refractivity contribution in [2.75, 3.05) is 13.1 Å². The van der Waals surface area contributed by atoms with Crippen LogP contribution in [0.15, 0.2) is 17.2 Å². The first kappa shape index (κ1) is 19.5. The van der Waals surface area contributed by atoms with Crippen molar-refractivity contribution in [3.05, 3.63) is 51.2 Å². The molecule has 0 saturated carbocycles. The average molecular weight is 390 g/mol. The highest BCUT2D eigenvalue weighted by molar-refractivity contribution is 5.92. The minimum Gasteiger partial charge on any atom is -0.337 e. The molecular formula is C19H24ClN5O2. The van der Waals surface area contributed by atoms with Gasteiger partial charge in [0, 0.05) is 49.4 Å². The summed E-state index contributed by atoms with van der Waals surface area (Å²) in [6, 6.07) is 0. The summed E-state index contributed by atoms with van der Waals surface area (Å²) in [5.74, 6) is 0.972. The van der Waals surface area contributed by atoms with Crippen LogP contribution in [0.3, 0.4) is 0 Å². The van der Waals surface area contributed by atoms with E-state index < -0.39 is 0 Å². The smallest absolute Gasteiger partial charge is 0.276 e. The van der Waals surface area contributed by atoms with Crippen LogP contribution in [0.4, 0.5) is 0 Å². The maximum atomic E-state index is 12.8. The van der Waals surface area contributed by atoms with Crippen LogP contribution in [0.25, 0.3) is 0 Å². The predicted octanol–water partition coefficient (Wildman–Crippen LogP) is 2.04. The Hall–Kier alpha value is -2.28. The first-order chi connectivity index (χ1) is 12.5. The summed E-state index contributed by atoms with van der Waals surface area (Å²) >= 11 is 0. The van der Waals surface area contributed by atoms with Crippen LogP contribution >= 0.6 is 12.4 Å². The molecule has 27 heavy (non-hydrogen) atoms. The number of halogens is 1. The lowest BCUT2D eigenvalue weighted by molar-refractivity contribution is 0.0697. The molecule has 0 aliphatic carbocycles. The largest absolute Gasteiger partial charge is 0.337 e. The second-order valence-electron chi connectivity index (χ2n) is 7.23. The van der Waals surface area contributed by atoms with Crippen LogP contribution in [0.2, 0.25) is 0 Å². The van der Waals surface area contributed by atoms with Crippen molar-refractivity contribution in [3.63, 3.8) is 0 Å². The van der Waals surface area contributed by atoms with Crippen LogP contribution in [-0.4, -0.2) is 43.4 Å². The number of nitrogens with zero attached hydrogens (tertiary/aromatic N) is 5. The van der Waals surface area contributed by atoms with Gasteiger partial charge in [-0.05, 0) is 33.1 Å². The first-order valence-corrected chi connectivity index (χ1v) is 9.22. The number of aromatic nitrogens is 4. The molecule has 2 aliphatic rings. The number of hydrogen-bond acceptors (Lipinski definition) is 5. The maximum Gasteiger partial charge on any atom is 0.276 e. The Bertz CT molecular complexity index is 910. The van der Waals surface area contributed by atoms with Crippen molar-refractivity contribution in [1.82, 2.24) is 24.4 Å². The SMILES string of the molecule is Cc1cnc(C(=O)N2CCCC(c3c(C)c(=O)nc4n3CCC4)C2)cn1.Cl.